The first kappa shape index (κ1) is 13.6. The van der Waals surface area contributed by atoms with Crippen molar-refractivity contribution in [2.24, 2.45) is 34.5 Å². The maximum absolute atomic E-state index is 10.8. The second-order valence-electron chi connectivity index (χ2n) is 9.12. The lowest BCUT2D eigenvalue weighted by atomic mass is 9.45. The molecule has 0 radical (unpaired) electrons. The number of rotatable bonds is 0. The summed E-state index contributed by atoms with van der Waals surface area (Å²) in [5.74, 6) is 3.30. The maximum Gasteiger partial charge on any atom is 0.0576 e. The van der Waals surface area contributed by atoms with Crippen molar-refractivity contribution in [2.45, 2.75) is 84.2 Å². The topological polar surface area (TPSA) is 20.2 Å². The van der Waals surface area contributed by atoms with Crippen molar-refractivity contribution in [3.63, 3.8) is 0 Å². The summed E-state index contributed by atoms with van der Waals surface area (Å²) in [7, 11) is 0. The van der Waals surface area contributed by atoms with Crippen molar-refractivity contribution in [1.29, 1.82) is 0 Å². The molecule has 4 fully saturated rings. The van der Waals surface area contributed by atoms with Gasteiger partial charge in [-0.2, -0.15) is 0 Å². The van der Waals surface area contributed by atoms with E-state index in [9.17, 15) is 5.11 Å². The van der Waals surface area contributed by atoms with Crippen LogP contribution >= 0.6 is 0 Å². The number of aliphatic hydroxyl groups is 1. The summed E-state index contributed by atoms with van der Waals surface area (Å²) in [6.07, 6.45) is 13.9. The summed E-state index contributed by atoms with van der Waals surface area (Å²) < 4.78 is 0. The first-order valence-corrected chi connectivity index (χ1v) is 9.23. The molecular weight excluding hydrogens is 244 g/mol. The molecule has 114 valence electrons. The number of hydrogen-bond acceptors (Lipinski definition) is 1. The van der Waals surface area contributed by atoms with Gasteiger partial charge in [0.05, 0.1) is 6.10 Å². The van der Waals surface area contributed by atoms with E-state index < -0.39 is 0 Å². The van der Waals surface area contributed by atoms with Crippen LogP contribution in [0.25, 0.3) is 0 Å². The molecule has 4 aliphatic rings. The van der Waals surface area contributed by atoms with Crippen molar-refractivity contribution in [2.75, 3.05) is 0 Å². The fraction of sp³-hybridized carbons (Fsp3) is 1.00. The molecule has 20 heavy (non-hydrogen) atoms. The smallest absolute Gasteiger partial charge is 0.0576 e. The molecule has 0 aromatic carbocycles. The molecule has 0 amide bonds. The fourth-order valence-corrected chi connectivity index (χ4v) is 7.35. The Kier molecular flexibility index (Phi) is 3.05. The summed E-state index contributed by atoms with van der Waals surface area (Å²) in [6.45, 7) is 5.11. The molecule has 0 spiro atoms. The van der Waals surface area contributed by atoms with Gasteiger partial charge >= 0.3 is 0 Å². The molecule has 2 unspecified atom stereocenters. The Morgan fingerprint density at radius 2 is 1.60 bits per heavy atom. The lowest BCUT2D eigenvalue weighted by Gasteiger charge is -2.61. The third kappa shape index (κ3) is 1.71. The van der Waals surface area contributed by atoms with E-state index in [2.05, 4.69) is 13.8 Å². The van der Waals surface area contributed by atoms with Crippen LogP contribution < -0.4 is 0 Å². The normalized spacial score (nSPS) is 58.6. The van der Waals surface area contributed by atoms with Crippen LogP contribution in [0, 0.1) is 34.5 Å². The van der Waals surface area contributed by atoms with Crippen molar-refractivity contribution in [1.82, 2.24) is 0 Å². The van der Waals surface area contributed by atoms with E-state index in [0.717, 1.165) is 24.2 Å². The zero-order chi connectivity index (χ0) is 14.0. The molecule has 1 N–H and O–H groups in total. The minimum Gasteiger partial charge on any atom is -0.393 e. The maximum atomic E-state index is 10.8. The molecule has 4 aliphatic carbocycles. The zero-order valence-corrected chi connectivity index (χ0v) is 13.4. The molecule has 0 bridgehead atoms. The molecule has 0 aromatic heterocycles. The summed E-state index contributed by atoms with van der Waals surface area (Å²) in [6, 6.07) is 0. The monoisotopic (exact) mass is 276 g/mol. The van der Waals surface area contributed by atoms with Gasteiger partial charge in [-0.25, -0.2) is 0 Å². The van der Waals surface area contributed by atoms with Crippen molar-refractivity contribution < 1.29 is 5.11 Å². The van der Waals surface area contributed by atoms with Gasteiger partial charge in [0.15, 0.2) is 0 Å². The van der Waals surface area contributed by atoms with E-state index in [1.54, 1.807) is 0 Å². The van der Waals surface area contributed by atoms with E-state index >= 15 is 0 Å². The molecule has 1 heteroatoms. The Hall–Kier alpha value is -0.0400. The predicted octanol–water partition coefficient (Wildman–Crippen LogP) is 4.78. The van der Waals surface area contributed by atoms with Gasteiger partial charge in [-0.3, -0.25) is 0 Å². The van der Waals surface area contributed by atoms with Crippen molar-refractivity contribution in [3.8, 4) is 0 Å². The second-order valence-corrected chi connectivity index (χ2v) is 9.12. The molecule has 0 heterocycles. The molecule has 0 aromatic rings. The van der Waals surface area contributed by atoms with Gasteiger partial charge in [-0.05, 0) is 79.4 Å². The van der Waals surface area contributed by atoms with E-state index in [1.807, 2.05) is 0 Å². The third-order valence-electron chi connectivity index (χ3n) is 8.37. The number of aliphatic hydroxyl groups excluding tert-OH is 1. The van der Waals surface area contributed by atoms with Gasteiger partial charge < -0.3 is 5.11 Å². The highest BCUT2D eigenvalue weighted by molar-refractivity contribution is 5.08. The lowest BCUT2D eigenvalue weighted by molar-refractivity contribution is -0.153. The lowest BCUT2D eigenvalue weighted by Crippen LogP contribution is -2.56. The highest BCUT2D eigenvalue weighted by Gasteiger charge is 2.59. The van der Waals surface area contributed by atoms with Crippen LogP contribution in [0.5, 0.6) is 0 Å². The zero-order valence-electron chi connectivity index (χ0n) is 13.4. The van der Waals surface area contributed by atoms with Gasteiger partial charge in [0.1, 0.15) is 0 Å². The number of hydrogen-bond donors (Lipinski definition) is 1. The minimum atomic E-state index is 0.00417. The van der Waals surface area contributed by atoms with E-state index in [0.29, 0.717) is 16.7 Å². The van der Waals surface area contributed by atoms with Gasteiger partial charge in [0.2, 0.25) is 0 Å². The standard InChI is InChI=1S/C19H32O/c1-18-9-5-7-14(18)13-12-17(20)16-6-3-4-10-19(16,2)15(13)8-11-18/h13-17,20H,3-12H2,1-2H3/t13-,14-,15-,16?,17?,18-,19+/m0/s1. The van der Waals surface area contributed by atoms with Crippen molar-refractivity contribution in [3.05, 3.63) is 0 Å². The quantitative estimate of drug-likeness (QED) is 0.675. The first-order valence-electron chi connectivity index (χ1n) is 9.23. The molecule has 7 atom stereocenters. The Labute approximate surface area is 124 Å². The van der Waals surface area contributed by atoms with Crippen LogP contribution in [-0.4, -0.2) is 11.2 Å². The highest BCUT2D eigenvalue weighted by Crippen LogP contribution is 2.66. The van der Waals surface area contributed by atoms with Gasteiger partial charge in [-0.1, -0.05) is 33.1 Å². The SMILES string of the molecule is C[C@@]12CCC[C@H]1[C@@H]1CC(O)C3CCCC[C@]3(C)[C@H]1CC2. The molecule has 1 nitrogen and oxygen atoms in total. The van der Waals surface area contributed by atoms with Crippen LogP contribution in [0.2, 0.25) is 0 Å². The second kappa shape index (κ2) is 4.48. The van der Waals surface area contributed by atoms with E-state index in [4.69, 9.17) is 0 Å². The van der Waals surface area contributed by atoms with Crippen LogP contribution in [0.4, 0.5) is 0 Å². The van der Waals surface area contributed by atoms with Gasteiger partial charge in [-0.15, -0.1) is 0 Å². The average molecular weight is 276 g/mol. The molecular formula is C19H32O. The van der Waals surface area contributed by atoms with Crippen LogP contribution in [0.15, 0.2) is 0 Å². The predicted molar refractivity (Wildman–Crippen MR) is 82.4 cm³/mol. The van der Waals surface area contributed by atoms with Gasteiger partial charge in [0, 0.05) is 0 Å². The van der Waals surface area contributed by atoms with E-state index in [1.165, 1.54) is 57.8 Å². The Balaban J connectivity index is 1.68. The Morgan fingerprint density at radius 3 is 2.45 bits per heavy atom. The van der Waals surface area contributed by atoms with Crippen LogP contribution in [0.1, 0.15) is 78.1 Å². The minimum absolute atomic E-state index is 0.00417. The van der Waals surface area contributed by atoms with Crippen LogP contribution in [-0.2, 0) is 0 Å². The first-order chi connectivity index (χ1) is 9.55. The summed E-state index contributed by atoms with van der Waals surface area (Å²) in [5, 5.41) is 10.8. The highest BCUT2D eigenvalue weighted by atomic mass is 16.3. The number of fused-ring (bicyclic) bond motifs is 5. The Morgan fingerprint density at radius 1 is 0.800 bits per heavy atom. The van der Waals surface area contributed by atoms with Crippen LogP contribution in [0.3, 0.4) is 0 Å². The summed E-state index contributed by atoms with van der Waals surface area (Å²) in [4.78, 5) is 0. The third-order valence-corrected chi connectivity index (χ3v) is 8.37. The van der Waals surface area contributed by atoms with Gasteiger partial charge in [0.25, 0.3) is 0 Å². The van der Waals surface area contributed by atoms with Crippen molar-refractivity contribution >= 4 is 0 Å². The molecule has 0 saturated heterocycles. The molecule has 4 rings (SSSR count). The molecule has 4 saturated carbocycles. The average Bonchev–Trinajstić information content (AvgIpc) is 2.81. The Bertz CT molecular complexity index is 391. The summed E-state index contributed by atoms with van der Waals surface area (Å²) in [5.41, 5.74) is 1.09. The fourth-order valence-electron chi connectivity index (χ4n) is 7.35. The molecule has 0 aliphatic heterocycles. The summed E-state index contributed by atoms with van der Waals surface area (Å²) >= 11 is 0. The van der Waals surface area contributed by atoms with E-state index in [-0.39, 0.29) is 6.10 Å². The largest absolute Gasteiger partial charge is 0.393 e.